The van der Waals surface area contributed by atoms with E-state index in [0.29, 0.717) is 11.0 Å². The molecule has 2 aromatic heterocycles. The summed E-state index contributed by atoms with van der Waals surface area (Å²) in [7, 11) is 0. The van der Waals surface area contributed by atoms with E-state index in [4.69, 9.17) is 16.6 Å². The molecule has 5 nitrogen and oxygen atoms in total. The third-order valence-electron chi connectivity index (χ3n) is 3.84. The smallest absolute Gasteiger partial charge is 0.225 e. The SMILES string of the molecule is Clc1cnc(N2CCC[C@@H]2c2nc3ccccc3[nH]2)nc1. The Balaban J connectivity index is 1.71. The van der Waals surface area contributed by atoms with Gasteiger partial charge in [-0.05, 0) is 25.0 Å². The Morgan fingerprint density at radius 2 is 2.00 bits per heavy atom. The number of rotatable bonds is 2. The Morgan fingerprint density at radius 3 is 2.81 bits per heavy atom. The number of benzene rings is 1. The van der Waals surface area contributed by atoms with Crippen molar-refractivity contribution < 1.29 is 0 Å². The summed E-state index contributed by atoms with van der Waals surface area (Å²) in [4.78, 5) is 19.0. The molecule has 0 saturated carbocycles. The predicted molar refractivity (Wildman–Crippen MR) is 82.5 cm³/mol. The molecule has 0 unspecified atom stereocenters. The highest BCUT2D eigenvalue weighted by atomic mass is 35.5. The molecule has 0 bridgehead atoms. The molecule has 106 valence electrons. The lowest BCUT2D eigenvalue weighted by molar-refractivity contribution is 0.665. The first kappa shape index (κ1) is 12.6. The Kier molecular flexibility index (Phi) is 3.00. The van der Waals surface area contributed by atoms with Crippen LogP contribution in [-0.4, -0.2) is 26.5 Å². The number of imidazole rings is 1. The van der Waals surface area contributed by atoms with Crippen LogP contribution >= 0.6 is 11.6 Å². The molecular weight excluding hydrogens is 286 g/mol. The van der Waals surface area contributed by atoms with Crippen LogP contribution in [0.25, 0.3) is 11.0 Å². The van der Waals surface area contributed by atoms with Crippen LogP contribution in [0.2, 0.25) is 5.02 Å². The van der Waals surface area contributed by atoms with Crippen molar-refractivity contribution in [2.45, 2.75) is 18.9 Å². The molecular formula is C15H14ClN5. The van der Waals surface area contributed by atoms with Crippen molar-refractivity contribution >= 4 is 28.6 Å². The molecule has 1 saturated heterocycles. The van der Waals surface area contributed by atoms with Crippen molar-refractivity contribution in [2.75, 3.05) is 11.4 Å². The van der Waals surface area contributed by atoms with Crippen LogP contribution in [0.3, 0.4) is 0 Å². The van der Waals surface area contributed by atoms with Crippen LogP contribution in [-0.2, 0) is 0 Å². The van der Waals surface area contributed by atoms with Gasteiger partial charge in [-0.25, -0.2) is 15.0 Å². The summed E-state index contributed by atoms with van der Waals surface area (Å²) < 4.78 is 0. The van der Waals surface area contributed by atoms with Gasteiger partial charge in [0.05, 0.1) is 34.5 Å². The van der Waals surface area contributed by atoms with E-state index in [1.54, 1.807) is 12.4 Å². The Hall–Kier alpha value is -2.14. The average molecular weight is 300 g/mol. The third kappa shape index (κ3) is 2.23. The maximum Gasteiger partial charge on any atom is 0.225 e. The van der Waals surface area contributed by atoms with Gasteiger partial charge in [-0.3, -0.25) is 0 Å². The van der Waals surface area contributed by atoms with E-state index in [0.717, 1.165) is 36.2 Å². The molecule has 3 aromatic rings. The zero-order chi connectivity index (χ0) is 14.2. The van der Waals surface area contributed by atoms with Crippen molar-refractivity contribution in [3.63, 3.8) is 0 Å². The first-order valence-corrected chi connectivity index (χ1v) is 7.38. The quantitative estimate of drug-likeness (QED) is 0.788. The lowest BCUT2D eigenvalue weighted by Gasteiger charge is -2.22. The number of anilines is 1. The molecule has 1 N–H and O–H groups in total. The van der Waals surface area contributed by atoms with Crippen molar-refractivity contribution in [1.29, 1.82) is 0 Å². The van der Waals surface area contributed by atoms with E-state index in [2.05, 4.69) is 19.9 Å². The van der Waals surface area contributed by atoms with Gasteiger partial charge in [-0.2, -0.15) is 0 Å². The van der Waals surface area contributed by atoms with Crippen LogP contribution in [0.4, 0.5) is 5.95 Å². The molecule has 0 amide bonds. The molecule has 1 fully saturated rings. The number of hydrogen-bond donors (Lipinski definition) is 1. The highest BCUT2D eigenvalue weighted by molar-refractivity contribution is 6.30. The summed E-state index contributed by atoms with van der Waals surface area (Å²) in [5, 5.41) is 0.554. The van der Waals surface area contributed by atoms with E-state index >= 15 is 0 Å². The lowest BCUT2D eigenvalue weighted by atomic mass is 10.2. The normalized spacial score (nSPS) is 18.5. The fourth-order valence-corrected chi connectivity index (χ4v) is 2.97. The number of hydrogen-bond acceptors (Lipinski definition) is 4. The summed E-state index contributed by atoms with van der Waals surface area (Å²) in [5.74, 6) is 1.69. The molecule has 3 heterocycles. The minimum absolute atomic E-state index is 0.193. The van der Waals surface area contributed by atoms with Gasteiger partial charge in [0.15, 0.2) is 0 Å². The van der Waals surface area contributed by atoms with E-state index in [9.17, 15) is 0 Å². The van der Waals surface area contributed by atoms with Gasteiger partial charge < -0.3 is 9.88 Å². The van der Waals surface area contributed by atoms with E-state index in [1.807, 2.05) is 24.3 Å². The fourth-order valence-electron chi connectivity index (χ4n) is 2.87. The summed E-state index contributed by atoms with van der Waals surface area (Å²) in [6, 6.07) is 8.27. The first-order chi connectivity index (χ1) is 10.3. The molecule has 6 heteroatoms. The van der Waals surface area contributed by atoms with Crippen molar-refractivity contribution in [3.05, 3.63) is 47.5 Å². The fraction of sp³-hybridized carbons (Fsp3) is 0.267. The maximum atomic E-state index is 5.86. The number of para-hydroxylation sites is 2. The molecule has 1 atom stereocenters. The summed E-state index contributed by atoms with van der Waals surface area (Å²) >= 11 is 5.86. The van der Waals surface area contributed by atoms with Gasteiger partial charge in [0.2, 0.25) is 5.95 Å². The highest BCUT2D eigenvalue weighted by Gasteiger charge is 2.30. The number of aromatic nitrogens is 4. The molecule has 0 radical (unpaired) electrons. The van der Waals surface area contributed by atoms with E-state index in [1.165, 1.54) is 0 Å². The van der Waals surface area contributed by atoms with Crippen molar-refractivity contribution in [2.24, 2.45) is 0 Å². The molecule has 21 heavy (non-hydrogen) atoms. The minimum atomic E-state index is 0.193. The zero-order valence-electron chi connectivity index (χ0n) is 11.3. The van der Waals surface area contributed by atoms with E-state index in [-0.39, 0.29) is 6.04 Å². The monoisotopic (exact) mass is 299 g/mol. The van der Waals surface area contributed by atoms with Crippen molar-refractivity contribution in [1.82, 2.24) is 19.9 Å². The van der Waals surface area contributed by atoms with E-state index < -0.39 is 0 Å². The summed E-state index contributed by atoms with van der Waals surface area (Å²) in [6.07, 6.45) is 5.43. The minimum Gasteiger partial charge on any atom is -0.340 e. The molecule has 1 aliphatic rings. The van der Waals surface area contributed by atoms with Gasteiger partial charge in [-0.15, -0.1) is 0 Å². The highest BCUT2D eigenvalue weighted by Crippen LogP contribution is 2.33. The molecule has 0 aliphatic carbocycles. The second-order valence-corrected chi connectivity index (χ2v) is 5.63. The number of H-pyrrole nitrogens is 1. The van der Waals surface area contributed by atoms with Gasteiger partial charge in [-0.1, -0.05) is 23.7 Å². The second-order valence-electron chi connectivity index (χ2n) is 5.19. The maximum absolute atomic E-state index is 5.86. The van der Waals surface area contributed by atoms with Gasteiger partial charge in [0.1, 0.15) is 5.82 Å². The Morgan fingerprint density at radius 1 is 1.19 bits per heavy atom. The third-order valence-corrected chi connectivity index (χ3v) is 4.03. The van der Waals surface area contributed by atoms with Crippen LogP contribution in [0.5, 0.6) is 0 Å². The Labute approximate surface area is 127 Å². The predicted octanol–water partition coefficient (Wildman–Crippen LogP) is 3.35. The van der Waals surface area contributed by atoms with Gasteiger partial charge in [0.25, 0.3) is 0 Å². The van der Waals surface area contributed by atoms with Crippen LogP contribution in [0.1, 0.15) is 24.7 Å². The lowest BCUT2D eigenvalue weighted by Crippen LogP contribution is -2.25. The Bertz CT molecular complexity index is 734. The van der Waals surface area contributed by atoms with Gasteiger partial charge in [0, 0.05) is 6.54 Å². The second kappa shape index (κ2) is 5.00. The molecule has 4 rings (SSSR count). The van der Waals surface area contributed by atoms with Crippen molar-refractivity contribution in [3.8, 4) is 0 Å². The zero-order valence-corrected chi connectivity index (χ0v) is 12.1. The average Bonchev–Trinajstić information content (AvgIpc) is 3.14. The largest absolute Gasteiger partial charge is 0.340 e. The molecule has 0 spiro atoms. The molecule has 1 aliphatic heterocycles. The van der Waals surface area contributed by atoms with Crippen LogP contribution in [0.15, 0.2) is 36.7 Å². The standard InChI is InChI=1S/C15H14ClN5/c16-10-8-17-15(18-9-10)21-7-3-6-13(21)14-19-11-4-1-2-5-12(11)20-14/h1-2,4-5,8-9,13H,3,6-7H2,(H,19,20)/t13-/m1/s1. The number of fused-ring (bicyclic) bond motifs is 1. The summed E-state index contributed by atoms with van der Waals surface area (Å²) in [6.45, 7) is 0.934. The van der Waals surface area contributed by atoms with Crippen LogP contribution in [0, 0.1) is 0 Å². The topological polar surface area (TPSA) is 57.7 Å². The number of nitrogens with one attached hydrogen (secondary N) is 1. The number of aromatic amines is 1. The van der Waals surface area contributed by atoms with Gasteiger partial charge >= 0.3 is 0 Å². The molecule has 1 aromatic carbocycles. The summed E-state index contributed by atoms with van der Waals surface area (Å²) in [5.41, 5.74) is 2.06. The number of halogens is 1. The first-order valence-electron chi connectivity index (χ1n) is 7.00. The van der Waals surface area contributed by atoms with Crippen LogP contribution < -0.4 is 4.90 Å². The number of nitrogens with zero attached hydrogens (tertiary/aromatic N) is 4.